The van der Waals surface area contributed by atoms with Crippen LogP contribution in [0.2, 0.25) is 0 Å². The Bertz CT molecular complexity index is 638. The minimum absolute atomic E-state index is 0.00713. The fourth-order valence-electron chi connectivity index (χ4n) is 5.51. The van der Waals surface area contributed by atoms with Crippen molar-refractivity contribution in [3.8, 4) is 0 Å². The Morgan fingerprint density at radius 1 is 1.23 bits per heavy atom. The Labute approximate surface area is 185 Å². The average Bonchev–Trinajstić information content (AvgIpc) is 2.97. The van der Waals surface area contributed by atoms with E-state index in [2.05, 4.69) is 86.5 Å². The second-order valence-corrected chi connectivity index (χ2v) is 9.31. The van der Waals surface area contributed by atoms with Crippen molar-refractivity contribution in [2.45, 2.75) is 70.3 Å². The van der Waals surface area contributed by atoms with Gasteiger partial charge in [0.15, 0.2) is 0 Å². The van der Waals surface area contributed by atoms with Crippen LogP contribution in [-0.2, 0) is 4.74 Å². The third kappa shape index (κ3) is 4.41. The van der Waals surface area contributed by atoms with Gasteiger partial charge in [-0.2, -0.15) is 0 Å². The number of likely N-dealkylation sites (N-methyl/N-ethyl adjacent to an activating group) is 1. The minimum Gasteiger partial charge on any atom is -0.393 e. The van der Waals surface area contributed by atoms with E-state index in [9.17, 15) is 0 Å². The number of nitrogens with one attached hydrogen (secondary N) is 1. The van der Waals surface area contributed by atoms with Crippen molar-refractivity contribution in [3.05, 3.63) is 36.4 Å². The van der Waals surface area contributed by atoms with Gasteiger partial charge in [0, 0.05) is 64.5 Å². The number of rotatable bonds is 9. The molecular weight excluding hydrogens is 374 g/mol. The fourth-order valence-corrected chi connectivity index (χ4v) is 5.51. The van der Waals surface area contributed by atoms with Crippen molar-refractivity contribution in [1.29, 1.82) is 0 Å². The molecule has 2 aliphatic heterocycles. The molecule has 2 aliphatic rings. The summed E-state index contributed by atoms with van der Waals surface area (Å²) in [5.74, 6) is 0. The molecule has 0 saturated carbocycles. The van der Waals surface area contributed by atoms with Crippen LogP contribution in [0, 0.1) is 0 Å². The molecule has 172 valence electrons. The number of nitrogens with zero attached hydrogens (tertiary/aromatic N) is 4. The van der Waals surface area contributed by atoms with Gasteiger partial charge < -0.3 is 24.8 Å². The topological polar surface area (TPSA) is 34.2 Å². The molecule has 0 radical (unpaired) electrons. The van der Waals surface area contributed by atoms with Crippen LogP contribution in [0.25, 0.3) is 0 Å². The SMILES string of the molecule is C=CN1C(C(C)N2CCC(N(C)C)CC2)=C(C)C(OC)[C@]1(C)[C@@H](C)N(C)/C=C\NC. The highest BCUT2D eigenvalue weighted by Gasteiger charge is 2.53. The molecule has 6 heteroatoms. The lowest BCUT2D eigenvalue weighted by molar-refractivity contribution is -0.0112. The number of methoxy groups -OCH3 is 1. The molecule has 0 bridgehead atoms. The molecule has 6 nitrogen and oxygen atoms in total. The predicted molar refractivity (Wildman–Crippen MR) is 127 cm³/mol. The van der Waals surface area contributed by atoms with Gasteiger partial charge in [0.25, 0.3) is 0 Å². The van der Waals surface area contributed by atoms with Crippen LogP contribution in [-0.4, -0.2) is 97.8 Å². The normalized spacial score (nSPS) is 28.5. The van der Waals surface area contributed by atoms with E-state index in [4.69, 9.17) is 4.74 Å². The first kappa shape index (κ1) is 24.8. The Morgan fingerprint density at radius 2 is 1.83 bits per heavy atom. The quantitative estimate of drug-likeness (QED) is 0.619. The Kier molecular flexibility index (Phi) is 8.43. The van der Waals surface area contributed by atoms with E-state index in [0.29, 0.717) is 12.1 Å². The molecule has 2 heterocycles. The van der Waals surface area contributed by atoms with Gasteiger partial charge >= 0.3 is 0 Å². The van der Waals surface area contributed by atoms with Crippen molar-refractivity contribution >= 4 is 0 Å². The lowest BCUT2D eigenvalue weighted by atomic mass is 9.85. The van der Waals surface area contributed by atoms with Crippen LogP contribution in [0.15, 0.2) is 36.4 Å². The number of ether oxygens (including phenoxy) is 1. The van der Waals surface area contributed by atoms with E-state index >= 15 is 0 Å². The summed E-state index contributed by atoms with van der Waals surface area (Å²) < 4.78 is 6.12. The molecule has 0 aromatic carbocycles. The van der Waals surface area contributed by atoms with Gasteiger partial charge in [-0.3, -0.25) is 4.90 Å². The van der Waals surface area contributed by atoms with Crippen LogP contribution in [0.5, 0.6) is 0 Å². The number of likely N-dealkylation sites (tertiary alicyclic amines) is 1. The average molecular weight is 420 g/mol. The number of hydrogen-bond donors (Lipinski definition) is 1. The molecule has 0 spiro atoms. The van der Waals surface area contributed by atoms with E-state index in [0.717, 1.165) is 13.1 Å². The first-order valence-corrected chi connectivity index (χ1v) is 11.3. The maximum Gasteiger partial charge on any atom is 0.105 e. The van der Waals surface area contributed by atoms with E-state index < -0.39 is 0 Å². The number of piperidine rings is 1. The Hall–Kier alpha value is -1.50. The smallest absolute Gasteiger partial charge is 0.105 e. The molecular formula is C24H45N5O. The van der Waals surface area contributed by atoms with Crippen LogP contribution >= 0.6 is 0 Å². The van der Waals surface area contributed by atoms with Gasteiger partial charge in [-0.25, -0.2) is 0 Å². The van der Waals surface area contributed by atoms with Gasteiger partial charge in [0.05, 0.1) is 11.6 Å². The van der Waals surface area contributed by atoms with Crippen molar-refractivity contribution in [2.75, 3.05) is 48.4 Å². The van der Waals surface area contributed by atoms with Crippen molar-refractivity contribution in [3.63, 3.8) is 0 Å². The van der Waals surface area contributed by atoms with Gasteiger partial charge in [0.2, 0.25) is 0 Å². The first-order valence-electron chi connectivity index (χ1n) is 11.3. The zero-order valence-corrected chi connectivity index (χ0v) is 20.8. The summed E-state index contributed by atoms with van der Waals surface area (Å²) in [7, 11) is 10.3. The summed E-state index contributed by atoms with van der Waals surface area (Å²) >= 11 is 0. The molecule has 4 atom stereocenters. The highest BCUT2D eigenvalue weighted by molar-refractivity contribution is 5.36. The van der Waals surface area contributed by atoms with Crippen LogP contribution in [0.3, 0.4) is 0 Å². The van der Waals surface area contributed by atoms with Gasteiger partial charge in [-0.15, -0.1) is 0 Å². The molecule has 2 rings (SSSR count). The summed E-state index contributed by atoms with van der Waals surface area (Å²) in [6, 6.07) is 1.23. The van der Waals surface area contributed by atoms with Gasteiger partial charge in [0.1, 0.15) is 6.10 Å². The predicted octanol–water partition coefficient (Wildman–Crippen LogP) is 2.92. The Morgan fingerprint density at radius 3 is 2.30 bits per heavy atom. The molecule has 1 fully saturated rings. The largest absolute Gasteiger partial charge is 0.393 e. The fraction of sp³-hybridized carbons (Fsp3) is 0.750. The highest BCUT2D eigenvalue weighted by Crippen LogP contribution is 2.45. The lowest BCUT2D eigenvalue weighted by Crippen LogP contribution is -2.60. The van der Waals surface area contributed by atoms with Gasteiger partial charge in [-0.1, -0.05) is 6.58 Å². The standard InChI is InChI=1S/C24H45N5O/c1-11-29-22(19(3)28-15-12-21(13-16-28)26(7)8)18(2)23(30-10)24(29,5)20(4)27(9)17-14-25-6/h11,14,17,19-21,23,25H,1,12-13,15-16H2,2-10H3/b17-14-/t19?,20-,23?,24+/m1/s1. The van der Waals surface area contributed by atoms with Crippen LogP contribution in [0.1, 0.15) is 40.5 Å². The molecule has 1 saturated heterocycles. The zero-order chi connectivity index (χ0) is 22.6. The van der Waals surface area contributed by atoms with E-state index in [-0.39, 0.29) is 17.7 Å². The second kappa shape index (κ2) is 10.2. The van der Waals surface area contributed by atoms with Crippen LogP contribution in [0.4, 0.5) is 0 Å². The van der Waals surface area contributed by atoms with Crippen molar-refractivity contribution in [2.24, 2.45) is 0 Å². The molecule has 0 amide bonds. The number of hydrogen-bond acceptors (Lipinski definition) is 6. The summed E-state index contributed by atoms with van der Waals surface area (Å²) in [6.07, 6.45) is 8.51. The zero-order valence-electron chi connectivity index (χ0n) is 20.8. The molecule has 0 aliphatic carbocycles. The molecule has 2 unspecified atom stereocenters. The molecule has 1 N–H and O–H groups in total. The second-order valence-electron chi connectivity index (χ2n) is 9.31. The summed E-state index contributed by atoms with van der Waals surface area (Å²) in [5, 5.41) is 3.09. The molecule has 0 aromatic heterocycles. The van der Waals surface area contributed by atoms with E-state index in [1.165, 1.54) is 24.1 Å². The lowest BCUT2D eigenvalue weighted by Gasteiger charge is -2.48. The third-order valence-electron chi connectivity index (χ3n) is 7.63. The van der Waals surface area contributed by atoms with E-state index in [1.54, 1.807) is 0 Å². The molecule has 30 heavy (non-hydrogen) atoms. The maximum absolute atomic E-state index is 6.12. The van der Waals surface area contributed by atoms with Crippen molar-refractivity contribution in [1.82, 2.24) is 24.9 Å². The minimum atomic E-state index is -0.251. The highest BCUT2D eigenvalue weighted by atomic mass is 16.5. The summed E-state index contributed by atoms with van der Waals surface area (Å²) in [6.45, 7) is 15.6. The van der Waals surface area contributed by atoms with Crippen molar-refractivity contribution < 1.29 is 4.74 Å². The molecule has 0 aromatic rings. The Balaban J connectivity index is 2.32. The summed E-state index contributed by atoms with van der Waals surface area (Å²) in [4.78, 5) is 9.64. The van der Waals surface area contributed by atoms with Gasteiger partial charge in [-0.05, 0) is 66.4 Å². The monoisotopic (exact) mass is 419 g/mol. The summed E-state index contributed by atoms with van der Waals surface area (Å²) in [5.41, 5.74) is 2.42. The maximum atomic E-state index is 6.12. The third-order valence-corrected chi connectivity index (χ3v) is 7.63. The van der Waals surface area contributed by atoms with Crippen LogP contribution < -0.4 is 5.32 Å². The van der Waals surface area contributed by atoms with E-state index in [1.807, 2.05) is 26.6 Å². The first-order chi connectivity index (χ1) is 14.1.